The summed E-state index contributed by atoms with van der Waals surface area (Å²) in [6, 6.07) is 6.31. The fourth-order valence-corrected chi connectivity index (χ4v) is 2.65. The van der Waals surface area contributed by atoms with Gasteiger partial charge < -0.3 is 14.4 Å². The molecule has 2 rings (SSSR count). The summed E-state index contributed by atoms with van der Waals surface area (Å²) in [5.41, 5.74) is 0.950. The van der Waals surface area contributed by atoms with Gasteiger partial charge in [-0.2, -0.15) is 8.42 Å². The molecule has 1 unspecified atom stereocenters. The lowest BCUT2D eigenvalue weighted by atomic mass is 10.2. The van der Waals surface area contributed by atoms with Gasteiger partial charge >= 0.3 is 10.1 Å². The topological polar surface area (TPSA) is 75.7 Å². The Morgan fingerprint density at radius 1 is 1.25 bits per heavy atom. The van der Waals surface area contributed by atoms with Crippen LogP contribution in [0.5, 0.6) is 0 Å². The standard InChI is InChI=1S/C13H16N2O4S/c1-9-4-6-11(7-5-9)20(17,18)19-13-8-12(16)14-10(2)15(13)3/h4-8,10H,1-3H3,(H,14,16). The fraction of sp³-hybridized carbons (Fsp3) is 0.308. The molecule has 1 heterocycles. The zero-order chi connectivity index (χ0) is 14.9. The van der Waals surface area contributed by atoms with E-state index in [4.69, 9.17) is 4.18 Å². The third-order valence-electron chi connectivity index (χ3n) is 3.04. The van der Waals surface area contributed by atoms with E-state index in [9.17, 15) is 13.2 Å². The molecule has 0 saturated heterocycles. The maximum absolute atomic E-state index is 12.1. The molecule has 0 aromatic heterocycles. The van der Waals surface area contributed by atoms with Crippen molar-refractivity contribution in [1.29, 1.82) is 0 Å². The summed E-state index contributed by atoms with van der Waals surface area (Å²) in [5, 5.41) is 2.63. The summed E-state index contributed by atoms with van der Waals surface area (Å²) in [6.45, 7) is 3.59. The minimum absolute atomic E-state index is 0.00169. The van der Waals surface area contributed by atoms with Gasteiger partial charge in [0.05, 0.1) is 6.08 Å². The van der Waals surface area contributed by atoms with Crippen LogP contribution in [-0.4, -0.2) is 32.4 Å². The Balaban J connectivity index is 2.28. The molecular formula is C13H16N2O4S. The van der Waals surface area contributed by atoms with Gasteiger partial charge in [0.1, 0.15) is 11.1 Å². The van der Waals surface area contributed by atoms with E-state index >= 15 is 0 Å². The number of carbonyl (C=O) groups excluding carboxylic acids is 1. The smallest absolute Gasteiger partial charge is 0.340 e. The Bertz CT molecular complexity index is 649. The van der Waals surface area contributed by atoms with Crippen LogP contribution in [0.25, 0.3) is 0 Å². The van der Waals surface area contributed by atoms with Crippen LogP contribution in [0.2, 0.25) is 0 Å². The molecule has 1 N–H and O–H groups in total. The monoisotopic (exact) mass is 296 g/mol. The molecular weight excluding hydrogens is 280 g/mol. The highest BCUT2D eigenvalue weighted by molar-refractivity contribution is 7.86. The second-order valence-electron chi connectivity index (χ2n) is 4.63. The van der Waals surface area contributed by atoms with Crippen molar-refractivity contribution < 1.29 is 17.4 Å². The number of aryl methyl sites for hydroxylation is 1. The van der Waals surface area contributed by atoms with Crippen molar-refractivity contribution >= 4 is 16.0 Å². The molecule has 0 radical (unpaired) electrons. The van der Waals surface area contributed by atoms with E-state index < -0.39 is 10.1 Å². The number of hydrogen-bond acceptors (Lipinski definition) is 5. The number of rotatable bonds is 3. The van der Waals surface area contributed by atoms with Crippen LogP contribution in [0, 0.1) is 6.92 Å². The number of nitrogens with one attached hydrogen (secondary N) is 1. The SMILES string of the molecule is Cc1ccc(S(=O)(=O)OC2=CC(=O)NC(C)N2C)cc1. The Labute approximate surface area is 118 Å². The molecule has 0 fully saturated rings. The molecule has 20 heavy (non-hydrogen) atoms. The molecule has 1 atom stereocenters. The highest BCUT2D eigenvalue weighted by Crippen LogP contribution is 2.20. The molecule has 0 aliphatic carbocycles. The van der Waals surface area contributed by atoms with Gasteiger partial charge in [0.25, 0.3) is 5.91 Å². The number of carbonyl (C=O) groups is 1. The van der Waals surface area contributed by atoms with E-state index in [0.717, 1.165) is 11.6 Å². The molecule has 7 heteroatoms. The zero-order valence-electron chi connectivity index (χ0n) is 11.5. The summed E-state index contributed by atoms with van der Waals surface area (Å²) in [6.07, 6.45) is 0.780. The van der Waals surface area contributed by atoms with Gasteiger partial charge in [0, 0.05) is 7.05 Å². The molecule has 0 bridgehead atoms. The lowest BCUT2D eigenvalue weighted by molar-refractivity contribution is -0.119. The Kier molecular flexibility index (Phi) is 3.71. The van der Waals surface area contributed by atoms with E-state index in [0.29, 0.717) is 0 Å². The quantitative estimate of drug-likeness (QED) is 0.841. The first-order valence-corrected chi connectivity index (χ1v) is 7.46. The first-order valence-electron chi connectivity index (χ1n) is 6.06. The molecule has 6 nitrogen and oxygen atoms in total. The van der Waals surface area contributed by atoms with Crippen molar-refractivity contribution in [3.8, 4) is 0 Å². The number of nitrogens with zero attached hydrogens (tertiary/aromatic N) is 1. The minimum atomic E-state index is -3.95. The molecule has 1 amide bonds. The summed E-state index contributed by atoms with van der Waals surface area (Å²) >= 11 is 0. The predicted molar refractivity (Wildman–Crippen MR) is 72.9 cm³/mol. The molecule has 0 saturated carbocycles. The van der Waals surface area contributed by atoms with Gasteiger partial charge in [-0.1, -0.05) is 17.7 Å². The third-order valence-corrected chi connectivity index (χ3v) is 4.28. The molecule has 0 spiro atoms. The highest BCUT2D eigenvalue weighted by atomic mass is 32.2. The van der Waals surface area contributed by atoms with Crippen molar-refractivity contribution in [2.45, 2.75) is 24.9 Å². The van der Waals surface area contributed by atoms with E-state index in [1.165, 1.54) is 17.0 Å². The van der Waals surface area contributed by atoms with Crippen molar-refractivity contribution in [2.75, 3.05) is 7.05 Å². The largest absolute Gasteiger partial charge is 0.360 e. The Morgan fingerprint density at radius 2 is 1.85 bits per heavy atom. The lowest BCUT2D eigenvalue weighted by Crippen LogP contribution is -2.48. The van der Waals surface area contributed by atoms with E-state index in [1.807, 2.05) is 6.92 Å². The molecule has 1 aromatic carbocycles. The summed E-state index contributed by atoms with van der Waals surface area (Å²) < 4.78 is 29.4. The predicted octanol–water partition coefficient (Wildman–Crippen LogP) is 0.949. The second-order valence-corrected chi connectivity index (χ2v) is 6.17. The van der Waals surface area contributed by atoms with Gasteiger partial charge in [-0.05, 0) is 26.0 Å². The van der Waals surface area contributed by atoms with E-state index in [1.54, 1.807) is 26.1 Å². The van der Waals surface area contributed by atoms with Crippen LogP contribution in [0.15, 0.2) is 41.1 Å². The van der Waals surface area contributed by atoms with Crippen LogP contribution in [0.1, 0.15) is 12.5 Å². The molecule has 108 valence electrons. The van der Waals surface area contributed by atoms with Crippen LogP contribution in [0.4, 0.5) is 0 Å². The van der Waals surface area contributed by atoms with E-state index in [-0.39, 0.29) is 22.9 Å². The van der Waals surface area contributed by atoms with Gasteiger partial charge in [-0.15, -0.1) is 0 Å². The molecule has 1 aliphatic heterocycles. The average Bonchev–Trinajstić information content (AvgIpc) is 2.35. The van der Waals surface area contributed by atoms with Crippen LogP contribution in [-0.2, 0) is 19.1 Å². The first-order chi connectivity index (χ1) is 9.29. The normalized spacial score (nSPS) is 19.4. The minimum Gasteiger partial charge on any atom is -0.360 e. The van der Waals surface area contributed by atoms with Gasteiger partial charge in [-0.3, -0.25) is 4.79 Å². The maximum atomic E-state index is 12.1. The lowest BCUT2D eigenvalue weighted by Gasteiger charge is -2.31. The highest BCUT2D eigenvalue weighted by Gasteiger charge is 2.27. The maximum Gasteiger partial charge on any atom is 0.340 e. The van der Waals surface area contributed by atoms with Crippen molar-refractivity contribution in [2.24, 2.45) is 0 Å². The van der Waals surface area contributed by atoms with Gasteiger partial charge in [0.2, 0.25) is 5.88 Å². The van der Waals surface area contributed by atoms with Crippen LogP contribution >= 0.6 is 0 Å². The third kappa shape index (κ3) is 2.93. The number of amides is 1. The summed E-state index contributed by atoms with van der Waals surface area (Å²) in [5.74, 6) is -0.383. The zero-order valence-corrected chi connectivity index (χ0v) is 12.3. The number of hydrogen-bond donors (Lipinski definition) is 1. The molecule has 1 aromatic rings. The van der Waals surface area contributed by atoms with Crippen molar-refractivity contribution in [3.63, 3.8) is 0 Å². The number of benzene rings is 1. The Hall–Kier alpha value is -2.02. The first kappa shape index (κ1) is 14.4. The van der Waals surface area contributed by atoms with E-state index in [2.05, 4.69) is 5.32 Å². The van der Waals surface area contributed by atoms with Gasteiger partial charge in [-0.25, -0.2) is 0 Å². The summed E-state index contributed by atoms with van der Waals surface area (Å²) in [7, 11) is -2.31. The van der Waals surface area contributed by atoms with Crippen molar-refractivity contribution in [1.82, 2.24) is 10.2 Å². The fourth-order valence-electron chi connectivity index (χ4n) is 1.70. The average molecular weight is 296 g/mol. The molecule has 1 aliphatic rings. The van der Waals surface area contributed by atoms with Crippen LogP contribution in [0.3, 0.4) is 0 Å². The second kappa shape index (κ2) is 5.16. The Morgan fingerprint density at radius 3 is 2.45 bits per heavy atom. The van der Waals surface area contributed by atoms with Crippen LogP contribution < -0.4 is 5.32 Å². The summed E-state index contributed by atoms with van der Waals surface area (Å²) in [4.78, 5) is 13.0. The van der Waals surface area contributed by atoms with Gasteiger partial charge in [0.15, 0.2) is 0 Å². The van der Waals surface area contributed by atoms with Crippen molar-refractivity contribution in [3.05, 3.63) is 41.8 Å².